The van der Waals surface area contributed by atoms with E-state index in [9.17, 15) is 0 Å². The van der Waals surface area contributed by atoms with Crippen molar-refractivity contribution in [3.8, 4) is 0 Å². The van der Waals surface area contributed by atoms with Gasteiger partial charge in [-0.2, -0.15) is 0 Å². The van der Waals surface area contributed by atoms with Gasteiger partial charge in [-0.25, -0.2) is 0 Å². The van der Waals surface area contributed by atoms with Gasteiger partial charge in [-0.1, -0.05) is 17.2 Å². The SMILES string of the molecule is Cc1ccc(CN=[N+]=[N-])c(N)c1. The van der Waals surface area contributed by atoms with Crippen molar-refractivity contribution in [3.63, 3.8) is 0 Å². The fourth-order valence-electron chi connectivity index (χ4n) is 0.966. The van der Waals surface area contributed by atoms with Crippen LogP contribution in [0, 0.1) is 6.92 Å². The van der Waals surface area contributed by atoms with E-state index in [0.717, 1.165) is 11.1 Å². The van der Waals surface area contributed by atoms with Crippen molar-refractivity contribution in [2.75, 3.05) is 5.73 Å². The van der Waals surface area contributed by atoms with Crippen LogP contribution in [0.15, 0.2) is 23.3 Å². The Morgan fingerprint density at radius 3 is 2.92 bits per heavy atom. The third-order valence-corrected chi connectivity index (χ3v) is 1.61. The lowest BCUT2D eigenvalue weighted by atomic mass is 10.1. The molecule has 62 valence electrons. The molecule has 0 aromatic heterocycles. The zero-order valence-electron chi connectivity index (χ0n) is 6.86. The fraction of sp³-hybridized carbons (Fsp3) is 0.250. The van der Waals surface area contributed by atoms with Crippen molar-refractivity contribution < 1.29 is 0 Å². The number of nitrogens with zero attached hydrogens (tertiary/aromatic N) is 3. The summed E-state index contributed by atoms with van der Waals surface area (Å²) in [5.41, 5.74) is 16.4. The Balaban J connectivity index is 2.93. The average molecular weight is 162 g/mol. The molecule has 0 saturated carbocycles. The van der Waals surface area contributed by atoms with Crippen LogP contribution in [0.25, 0.3) is 10.4 Å². The predicted octanol–water partition coefficient (Wildman–Crippen LogP) is 2.39. The molecular weight excluding hydrogens is 152 g/mol. The first-order chi connectivity index (χ1) is 5.74. The Morgan fingerprint density at radius 1 is 1.58 bits per heavy atom. The van der Waals surface area contributed by atoms with Crippen molar-refractivity contribution in [1.29, 1.82) is 0 Å². The highest BCUT2D eigenvalue weighted by Gasteiger charge is 1.96. The topological polar surface area (TPSA) is 74.8 Å². The summed E-state index contributed by atoms with van der Waals surface area (Å²) in [6.45, 7) is 2.29. The summed E-state index contributed by atoms with van der Waals surface area (Å²) in [6, 6.07) is 5.68. The number of hydrogen-bond acceptors (Lipinski definition) is 2. The van der Waals surface area contributed by atoms with E-state index in [0.29, 0.717) is 12.2 Å². The van der Waals surface area contributed by atoms with Crippen molar-refractivity contribution >= 4 is 5.69 Å². The molecule has 0 radical (unpaired) electrons. The van der Waals surface area contributed by atoms with Gasteiger partial charge in [0.05, 0.1) is 6.54 Å². The molecule has 0 spiro atoms. The summed E-state index contributed by atoms with van der Waals surface area (Å²) in [6.07, 6.45) is 0. The molecule has 0 unspecified atom stereocenters. The molecule has 0 heterocycles. The predicted molar refractivity (Wildman–Crippen MR) is 48.4 cm³/mol. The summed E-state index contributed by atoms with van der Waals surface area (Å²) in [4.78, 5) is 2.66. The number of rotatable bonds is 2. The molecule has 1 rings (SSSR count). The normalized spacial score (nSPS) is 9.08. The summed E-state index contributed by atoms with van der Waals surface area (Å²) in [7, 11) is 0. The minimum absolute atomic E-state index is 0.322. The van der Waals surface area contributed by atoms with E-state index < -0.39 is 0 Å². The minimum Gasteiger partial charge on any atom is -0.398 e. The largest absolute Gasteiger partial charge is 0.398 e. The molecule has 0 fully saturated rings. The molecule has 4 heteroatoms. The first-order valence-corrected chi connectivity index (χ1v) is 3.60. The molecule has 0 aliphatic heterocycles. The molecule has 0 saturated heterocycles. The average Bonchev–Trinajstić information content (AvgIpc) is 2.03. The summed E-state index contributed by atoms with van der Waals surface area (Å²) in [5, 5.41) is 3.43. The van der Waals surface area contributed by atoms with E-state index in [4.69, 9.17) is 11.3 Å². The summed E-state index contributed by atoms with van der Waals surface area (Å²) in [5.74, 6) is 0. The monoisotopic (exact) mass is 162 g/mol. The van der Waals surface area contributed by atoms with Crippen molar-refractivity contribution in [2.45, 2.75) is 13.5 Å². The molecule has 2 N–H and O–H groups in total. The van der Waals surface area contributed by atoms with Crippen LogP contribution < -0.4 is 5.73 Å². The molecule has 0 aliphatic carbocycles. The van der Waals surface area contributed by atoms with Crippen molar-refractivity contribution in [3.05, 3.63) is 39.8 Å². The highest BCUT2D eigenvalue weighted by atomic mass is 15.1. The summed E-state index contributed by atoms with van der Waals surface area (Å²) >= 11 is 0. The number of anilines is 1. The zero-order chi connectivity index (χ0) is 8.97. The van der Waals surface area contributed by atoms with Gasteiger partial charge in [-0.3, -0.25) is 0 Å². The maximum Gasteiger partial charge on any atom is 0.0531 e. The van der Waals surface area contributed by atoms with Crippen LogP contribution in [0.4, 0.5) is 5.69 Å². The first-order valence-electron chi connectivity index (χ1n) is 3.60. The lowest BCUT2D eigenvalue weighted by molar-refractivity contribution is 1.05. The molecular formula is C8H10N4. The van der Waals surface area contributed by atoms with Gasteiger partial charge in [-0.05, 0) is 29.6 Å². The van der Waals surface area contributed by atoms with Gasteiger partial charge in [0.2, 0.25) is 0 Å². The Bertz CT molecular complexity index is 326. The lowest BCUT2D eigenvalue weighted by Gasteiger charge is -2.01. The zero-order valence-corrected chi connectivity index (χ0v) is 6.86. The van der Waals surface area contributed by atoms with Gasteiger partial charge >= 0.3 is 0 Å². The van der Waals surface area contributed by atoms with Crippen molar-refractivity contribution in [1.82, 2.24) is 0 Å². The third-order valence-electron chi connectivity index (χ3n) is 1.61. The van der Waals surface area contributed by atoms with E-state index >= 15 is 0 Å². The van der Waals surface area contributed by atoms with Gasteiger partial charge < -0.3 is 5.73 Å². The first kappa shape index (κ1) is 8.43. The van der Waals surface area contributed by atoms with E-state index in [-0.39, 0.29) is 0 Å². The number of benzene rings is 1. The van der Waals surface area contributed by atoms with Crippen LogP contribution in [0.1, 0.15) is 11.1 Å². The van der Waals surface area contributed by atoms with Crippen LogP contribution in [0.2, 0.25) is 0 Å². The Kier molecular flexibility index (Phi) is 2.56. The van der Waals surface area contributed by atoms with Gasteiger partial charge in [0.1, 0.15) is 0 Å². The van der Waals surface area contributed by atoms with Crippen LogP contribution in [-0.4, -0.2) is 0 Å². The van der Waals surface area contributed by atoms with Gasteiger partial charge in [0.25, 0.3) is 0 Å². The second-order valence-electron chi connectivity index (χ2n) is 2.59. The molecule has 0 bridgehead atoms. The number of nitrogens with two attached hydrogens (primary N) is 1. The van der Waals surface area contributed by atoms with E-state index in [1.54, 1.807) is 0 Å². The molecule has 1 aromatic carbocycles. The van der Waals surface area contributed by atoms with Crippen molar-refractivity contribution in [2.24, 2.45) is 5.11 Å². The second-order valence-corrected chi connectivity index (χ2v) is 2.59. The number of hydrogen-bond donors (Lipinski definition) is 1. The Hall–Kier alpha value is -1.67. The highest BCUT2D eigenvalue weighted by molar-refractivity contribution is 5.48. The highest BCUT2D eigenvalue weighted by Crippen LogP contribution is 2.14. The van der Waals surface area contributed by atoms with E-state index in [2.05, 4.69) is 10.0 Å². The number of azide groups is 1. The maximum atomic E-state index is 8.09. The van der Waals surface area contributed by atoms with Crippen LogP contribution in [-0.2, 0) is 6.54 Å². The molecule has 12 heavy (non-hydrogen) atoms. The molecule has 0 atom stereocenters. The maximum absolute atomic E-state index is 8.09. The Labute approximate surface area is 70.6 Å². The molecule has 0 amide bonds. The summed E-state index contributed by atoms with van der Waals surface area (Å²) < 4.78 is 0. The number of aryl methyl sites for hydroxylation is 1. The fourth-order valence-corrected chi connectivity index (χ4v) is 0.966. The second kappa shape index (κ2) is 3.64. The van der Waals surface area contributed by atoms with Crippen LogP contribution in [0.5, 0.6) is 0 Å². The quantitative estimate of drug-likeness (QED) is 0.308. The smallest absolute Gasteiger partial charge is 0.0531 e. The van der Waals surface area contributed by atoms with E-state index in [1.165, 1.54) is 0 Å². The van der Waals surface area contributed by atoms with E-state index in [1.807, 2.05) is 25.1 Å². The van der Waals surface area contributed by atoms with Gasteiger partial charge in [0.15, 0.2) is 0 Å². The number of nitrogen functional groups attached to an aromatic ring is 1. The lowest BCUT2D eigenvalue weighted by Crippen LogP contribution is -1.92. The van der Waals surface area contributed by atoms with Gasteiger partial charge in [-0.15, -0.1) is 0 Å². The minimum atomic E-state index is 0.322. The van der Waals surface area contributed by atoms with Crippen LogP contribution >= 0.6 is 0 Å². The third kappa shape index (κ3) is 1.90. The molecule has 4 nitrogen and oxygen atoms in total. The molecule has 1 aromatic rings. The van der Waals surface area contributed by atoms with Crippen LogP contribution in [0.3, 0.4) is 0 Å². The van der Waals surface area contributed by atoms with Gasteiger partial charge in [0, 0.05) is 10.6 Å². The molecule has 0 aliphatic rings. The Morgan fingerprint density at radius 2 is 2.33 bits per heavy atom. The standard InChI is InChI=1S/C8H10N4/c1-6-2-3-7(5-11-12-10)8(9)4-6/h2-4H,5,9H2,1H3.